The maximum absolute atomic E-state index is 13.1. The lowest BCUT2D eigenvalue weighted by Crippen LogP contribution is -2.29. The largest absolute Gasteiger partial charge is 0.507 e. The highest BCUT2D eigenvalue weighted by Gasteiger charge is 2.48. The van der Waals surface area contributed by atoms with E-state index in [-0.39, 0.29) is 23.8 Å². The molecule has 1 fully saturated rings. The average Bonchev–Trinajstić information content (AvgIpc) is 3.33. The minimum atomic E-state index is -0.942. The summed E-state index contributed by atoms with van der Waals surface area (Å²) < 4.78 is 10.7. The Morgan fingerprint density at radius 1 is 1.25 bits per heavy atom. The molecule has 1 aliphatic rings. The highest BCUT2D eigenvalue weighted by atomic mass is 35.5. The fourth-order valence-electron chi connectivity index (χ4n) is 3.54. The standard InChI is InChI=1S/C24H19ClN2O5/c1-3-11-31-18-6-4-5-16(13-18)21-20(22(28)15-7-9-17(25)10-8-15)23(29)24(30)27(21)19-12-14(2)32-26-19/h3-10,12-13,21,28H,1,11H2,2H3/b22-20+/t21-/m1/s1. The smallest absolute Gasteiger partial charge is 0.301 e. The lowest BCUT2D eigenvalue weighted by molar-refractivity contribution is -0.132. The number of ketones is 1. The van der Waals surface area contributed by atoms with Crippen LogP contribution in [0.2, 0.25) is 5.02 Å². The van der Waals surface area contributed by atoms with Gasteiger partial charge in [0.15, 0.2) is 5.82 Å². The summed E-state index contributed by atoms with van der Waals surface area (Å²) in [5, 5.41) is 15.5. The van der Waals surface area contributed by atoms with Gasteiger partial charge in [0.1, 0.15) is 23.9 Å². The van der Waals surface area contributed by atoms with E-state index in [1.807, 2.05) is 0 Å². The van der Waals surface area contributed by atoms with E-state index in [9.17, 15) is 14.7 Å². The zero-order valence-corrected chi connectivity index (χ0v) is 17.9. The summed E-state index contributed by atoms with van der Waals surface area (Å²) >= 11 is 5.95. The first-order valence-corrected chi connectivity index (χ1v) is 10.1. The molecule has 0 saturated carbocycles. The molecule has 1 aliphatic heterocycles. The maximum atomic E-state index is 13.1. The number of carbonyl (C=O) groups is 2. The number of hydrogen-bond acceptors (Lipinski definition) is 6. The van der Waals surface area contributed by atoms with Crippen LogP contribution in [0.3, 0.4) is 0 Å². The Balaban J connectivity index is 1.90. The number of carbonyl (C=O) groups excluding carboxylic acids is 2. The number of aromatic nitrogens is 1. The van der Waals surface area contributed by atoms with Gasteiger partial charge in [0, 0.05) is 16.7 Å². The number of aliphatic hydroxyl groups is 1. The maximum Gasteiger partial charge on any atom is 0.301 e. The molecule has 0 aliphatic carbocycles. The van der Waals surface area contributed by atoms with Gasteiger partial charge in [0.25, 0.3) is 5.78 Å². The van der Waals surface area contributed by atoms with Gasteiger partial charge in [-0.1, -0.05) is 41.5 Å². The topological polar surface area (TPSA) is 92.9 Å². The molecule has 1 atom stereocenters. The number of rotatable bonds is 6. The number of nitrogens with zero attached hydrogens (tertiary/aromatic N) is 2. The first kappa shape index (κ1) is 21.4. The van der Waals surface area contributed by atoms with Gasteiger partial charge in [-0.05, 0) is 48.9 Å². The third kappa shape index (κ3) is 3.90. The predicted octanol–water partition coefficient (Wildman–Crippen LogP) is 4.83. The Kier molecular flexibility index (Phi) is 5.83. The normalized spacial score (nSPS) is 17.6. The zero-order chi connectivity index (χ0) is 22.8. The van der Waals surface area contributed by atoms with E-state index in [0.717, 1.165) is 0 Å². The molecule has 32 heavy (non-hydrogen) atoms. The lowest BCUT2D eigenvalue weighted by Gasteiger charge is -2.23. The second kappa shape index (κ2) is 8.72. The molecule has 0 unspecified atom stereocenters. The predicted molar refractivity (Wildman–Crippen MR) is 120 cm³/mol. The van der Waals surface area contributed by atoms with Crippen molar-refractivity contribution in [3.05, 3.63) is 94.7 Å². The summed E-state index contributed by atoms with van der Waals surface area (Å²) in [6.45, 7) is 5.60. The van der Waals surface area contributed by atoms with Crippen LogP contribution >= 0.6 is 11.6 Å². The molecule has 1 N–H and O–H groups in total. The van der Waals surface area contributed by atoms with Crippen LogP contribution in [0.25, 0.3) is 5.76 Å². The van der Waals surface area contributed by atoms with Crippen LogP contribution in [0.1, 0.15) is 22.9 Å². The van der Waals surface area contributed by atoms with Gasteiger partial charge >= 0.3 is 5.91 Å². The van der Waals surface area contributed by atoms with Crippen molar-refractivity contribution in [3.63, 3.8) is 0 Å². The molecule has 162 valence electrons. The summed E-state index contributed by atoms with van der Waals surface area (Å²) in [6.07, 6.45) is 1.61. The fourth-order valence-corrected chi connectivity index (χ4v) is 3.67. The molecule has 1 saturated heterocycles. The average molecular weight is 451 g/mol. The third-order valence-electron chi connectivity index (χ3n) is 4.97. The summed E-state index contributed by atoms with van der Waals surface area (Å²) in [7, 11) is 0. The van der Waals surface area contributed by atoms with Crippen molar-refractivity contribution in [3.8, 4) is 5.75 Å². The Hall–Kier alpha value is -3.84. The molecular weight excluding hydrogens is 432 g/mol. The number of benzene rings is 2. The van der Waals surface area contributed by atoms with Crippen LogP contribution in [0, 0.1) is 6.92 Å². The van der Waals surface area contributed by atoms with Crippen LogP contribution in [0.4, 0.5) is 5.82 Å². The second-order valence-electron chi connectivity index (χ2n) is 7.14. The monoisotopic (exact) mass is 450 g/mol. The van der Waals surface area contributed by atoms with Crippen molar-refractivity contribution in [2.45, 2.75) is 13.0 Å². The highest BCUT2D eigenvalue weighted by molar-refractivity contribution is 6.51. The highest BCUT2D eigenvalue weighted by Crippen LogP contribution is 2.42. The molecule has 0 radical (unpaired) electrons. The molecular formula is C24H19ClN2O5. The molecule has 0 bridgehead atoms. The summed E-state index contributed by atoms with van der Waals surface area (Å²) in [6, 6.07) is 13.9. The molecule has 2 aromatic carbocycles. The Bertz CT molecular complexity index is 1230. The van der Waals surface area contributed by atoms with Crippen molar-refractivity contribution in [2.24, 2.45) is 0 Å². The van der Waals surface area contributed by atoms with Gasteiger partial charge in [-0.3, -0.25) is 14.5 Å². The minimum absolute atomic E-state index is 0.0705. The van der Waals surface area contributed by atoms with Crippen molar-refractivity contribution < 1.29 is 24.0 Å². The van der Waals surface area contributed by atoms with Crippen LogP contribution in [-0.2, 0) is 9.59 Å². The van der Waals surface area contributed by atoms with Crippen molar-refractivity contribution >= 4 is 34.9 Å². The van der Waals surface area contributed by atoms with Gasteiger partial charge in [-0.15, -0.1) is 0 Å². The lowest BCUT2D eigenvalue weighted by atomic mass is 9.95. The quantitative estimate of drug-likeness (QED) is 0.250. The summed E-state index contributed by atoms with van der Waals surface area (Å²) in [4.78, 5) is 27.3. The van der Waals surface area contributed by atoms with Crippen LogP contribution in [0.5, 0.6) is 5.75 Å². The fraction of sp³-hybridized carbons (Fsp3) is 0.125. The number of halogens is 1. The van der Waals surface area contributed by atoms with Crippen LogP contribution < -0.4 is 9.64 Å². The summed E-state index contributed by atoms with van der Waals surface area (Å²) in [5.74, 6) is -0.804. The minimum Gasteiger partial charge on any atom is -0.507 e. The van der Waals surface area contributed by atoms with Crippen LogP contribution in [0.15, 0.2) is 77.3 Å². The molecule has 8 heteroatoms. The zero-order valence-electron chi connectivity index (χ0n) is 17.1. The van der Waals surface area contributed by atoms with Crippen molar-refractivity contribution in [1.29, 1.82) is 0 Å². The van der Waals surface area contributed by atoms with E-state index in [0.29, 0.717) is 27.7 Å². The Morgan fingerprint density at radius 3 is 2.66 bits per heavy atom. The van der Waals surface area contributed by atoms with Crippen LogP contribution in [-0.4, -0.2) is 28.6 Å². The number of anilines is 1. The first-order chi connectivity index (χ1) is 15.4. The van der Waals surface area contributed by atoms with E-state index in [4.69, 9.17) is 20.9 Å². The first-order valence-electron chi connectivity index (χ1n) is 9.74. The number of amides is 1. The van der Waals surface area contributed by atoms with E-state index in [1.165, 1.54) is 4.90 Å². The summed E-state index contributed by atoms with van der Waals surface area (Å²) in [5.41, 5.74) is 0.841. The van der Waals surface area contributed by atoms with Crippen molar-refractivity contribution in [2.75, 3.05) is 11.5 Å². The molecule has 4 rings (SSSR count). The van der Waals surface area contributed by atoms with Gasteiger partial charge in [0.2, 0.25) is 0 Å². The third-order valence-corrected chi connectivity index (χ3v) is 5.22. The van der Waals surface area contributed by atoms with Gasteiger partial charge < -0.3 is 14.4 Å². The number of aryl methyl sites for hydroxylation is 1. The van der Waals surface area contributed by atoms with Crippen molar-refractivity contribution in [1.82, 2.24) is 5.16 Å². The molecule has 1 aromatic heterocycles. The van der Waals surface area contributed by atoms with E-state index >= 15 is 0 Å². The second-order valence-corrected chi connectivity index (χ2v) is 7.58. The number of ether oxygens (including phenoxy) is 1. The molecule has 0 spiro atoms. The van der Waals surface area contributed by atoms with E-state index in [1.54, 1.807) is 67.6 Å². The van der Waals surface area contributed by atoms with Gasteiger partial charge in [0.05, 0.1) is 11.6 Å². The van der Waals surface area contributed by atoms with Gasteiger partial charge in [-0.25, -0.2) is 0 Å². The van der Waals surface area contributed by atoms with E-state index < -0.39 is 17.7 Å². The Labute approximate surface area is 189 Å². The number of Topliss-reactive ketones (excluding diaryl/α,β-unsaturated/α-hetero) is 1. The van der Waals surface area contributed by atoms with Gasteiger partial charge in [-0.2, -0.15) is 0 Å². The molecule has 3 aromatic rings. The molecule has 1 amide bonds. The van der Waals surface area contributed by atoms with E-state index in [2.05, 4.69) is 11.7 Å². The number of aliphatic hydroxyl groups excluding tert-OH is 1. The Morgan fingerprint density at radius 2 is 2.00 bits per heavy atom. The number of hydrogen-bond donors (Lipinski definition) is 1. The SMILES string of the molecule is C=CCOc1cccc([C@@H]2/C(=C(\O)c3ccc(Cl)cc3)C(=O)C(=O)N2c2cc(C)on2)c1. The molecule has 7 nitrogen and oxygen atoms in total. The molecule has 2 heterocycles.